The van der Waals surface area contributed by atoms with Gasteiger partial charge >= 0.3 is 0 Å². The Bertz CT molecular complexity index is 1160. The van der Waals surface area contributed by atoms with Gasteiger partial charge in [-0.25, -0.2) is 4.98 Å². The molecule has 2 aromatic rings. The van der Waals surface area contributed by atoms with Gasteiger partial charge in [0.05, 0.1) is 33.4 Å². The smallest absolute Gasteiger partial charge is 0.259 e. The zero-order valence-electron chi connectivity index (χ0n) is 16.1. The fourth-order valence-corrected chi connectivity index (χ4v) is 5.41. The van der Waals surface area contributed by atoms with E-state index in [0.29, 0.717) is 26.6 Å². The van der Waals surface area contributed by atoms with Crippen molar-refractivity contribution in [2.45, 2.75) is 39.9 Å². The zero-order chi connectivity index (χ0) is 20.8. The average Bonchev–Trinajstić information content (AvgIpc) is 2.89. The van der Waals surface area contributed by atoms with Gasteiger partial charge in [-0.1, -0.05) is 25.6 Å². The first-order valence-electron chi connectivity index (χ1n) is 8.63. The Morgan fingerprint density at radius 2 is 1.96 bits per heavy atom. The van der Waals surface area contributed by atoms with Crippen LogP contribution in [0.2, 0.25) is 0 Å². The molecule has 3 heterocycles. The Labute approximate surface area is 170 Å². The molecule has 2 atom stereocenters. The molecule has 0 spiro atoms. The highest BCUT2D eigenvalue weighted by Gasteiger charge is 2.45. The minimum atomic E-state index is -0.937. The third-order valence-corrected chi connectivity index (χ3v) is 7.29. The standard InChI is InChI=1S/C19H19N5O2S2/c1-8-9(2)27-18-13(8)16(26)22-14(23-18)10(3)28-17-12(7-21)19(4,5)11(6-20)15(25)24-17/h10-11H,1-5H3,(H,24,25)(H,22,23,26)/t10-,11+/m1/s1. The number of rotatable bonds is 3. The molecule has 0 radical (unpaired) electrons. The normalized spacial score (nSPS) is 19.8. The van der Waals surface area contributed by atoms with Crippen molar-refractivity contribution < 1.29 is 4.79 Å². The predicted octanol–water partition coefficient (Wildman–Crippen LogP) is 3.43. The van der Waals surface area contributed by atoms with Gasteiger partial charge in [0.2, 0.25) is 5.91 Å². The van der Waals surface area contributed by atoms with Crippen LogP contribution in [0.4, 0.5) is 0 Å². The van der Waals surface area contributed by atoms with Crippen LogP contribution in [0.5, 0.6) is 0 Å². The fourth-order valence-electron chi connectivity index (χ4n) is 3.21. The van der Waals surface area contributed by atoms with Crippen LogP contribution in [0.1, 0.15) is 42.3 Å². The summed E-state index contributed by atoms with van der Waals surface area (Å²) in [6.07, 6.45) is 0. The van der Waals surface area contributed by atoms with Crippen LogP contribution in [0.3, 0.4) is 0 Å². The van der Waals surface area contributed by atoms with Gasteiger partial charge in [0.1, 0.15) is 16.6 Å². The maximum Gasteiger partial charge on any atom is 0.259 e. The van der Waals surface area contributed by atoms with Gasteiger partial charge in [0.15, 0.2) is 0 Å². The number of hydrogen-bond acceptors (Lipinski definition) is 7. The number of allylic oxidation sites excluding steroid dienone is 1. The number of aryl methyl sites for hydroxylation is 2. The number of nitrogens with zero attached hydrogens (tertiary/aromatic N) is 3. The van der Waals surface area contributed by atoms with Crippen molar-refractivity contribution in [3.8, 4) is 12.1 Å². The predicted molar refractivity (Wildman–Crippen MR) is 109 cm³/mol. The van der Waals surface area contributed by atoms with Gasteiger partial charge in [-0.15, -0.1) is 11.3 Å². The van der Waals surface area contributed by atoms with E-state index in [1.807, 2.05) is 26.8 Å². The molecule has 3 rings (SSSR count). The Kier molecular flexibility index (Phi) is 5.09. The lowest BCUT2D eigenvalue weighted by Crippen LogP contribution is -2.44. The number of thioether (sulfide) groups is 1. The second-order valence-electron chi connectivity index (χ2n) is 7.26. The molecule has 0 saturated heterocycles. The molecule has 144 valence electrons. The van der Waals surface area contributed by atoms with Gasteiger partial charge in [0.25, 0.3) is 5.56 Å². The van der Waals surface area contributed by atoms with Crippen molar-refractivity contribution in [2.75, 3.05) is 0 Å². The van der Waals surface area contributed by atoms with E-state index in [2.05, 4.69) is 21.4 Å². The lowest BCUT2D eigenvalue weighted by Gasteiger charge is -2.35. The molecule has 1 aliphatic heterocycles. The van der Waals surface area contributed by atoms with Crippen LogP contribution in [0.15, 0.2) is 15.4 Å². The van der Waals surface area contributed by atoms with E-state index in [1.165, 1.54) is 23.1 Å². The van der Waals surface area contributed by atoms with Crippen LogP contribution < -0.4 is 10.9 Å². The van der Waals surface area contributed by atoms with E-state index in [-0.39, 0.29) is 10.8 Å². The number of aromatic amines is 1. The Morgan fingerprint density at radius 1 is 1.29 bits per heavy atom. The minimum absolute atomic E-state index is 0.193. The lowest BCUT2D eigenvalue weighted by atomic mass is 9.72. The molecule has 0 fully saturated rings. The van der Waals surface area contributed by atoms with E-state index < -0.39 is 17.2 Å². The molecule has 1 amide bonds. The number of hydrogen-bond donors (Lipinski definition) is 2. The Balaban J connectivity index is 2.02. The monoisotopic (exact) mass is 413 g/mol. The molecule has 7 nitrogen and oxygen atoms in total. The van der Waals surface area contributed by atoms with Gasteiger partial charge in [-0.2, -0.15) is 10.5 Å². The number of H-pyrrole nitrogens is 1. The number of nitriles is 2. The molecule has 1 aliphatic rings. The highest BCUT2D eigenvalue weighted by molar-refractivity contribution is 8.03. The van der Waals surface area contributed by atoms with Crippen molar-refractivity contribution in [2.24, 2.45) is 11.3 Å². The average molecular weight is 414 g/mol. The summed E-state index contributed by atoms with van der Waals surface area (Å²) < 4.78 is 0. The third-order valence-electron chi connectivity index (χ3n) is 5.07. The van der Waals surface area contributed by atoms with Crippen molar-refractivity contribution in [1.29, 1.82) is 10.5 Å². The number of fused-ring (bicyclic) bond motifs is 1. The van der Waals surface area contributed by atoms with Crippen molar-refractivity contribution in [3.63, 3.8) is 0 Å². The molecule has 0 aromatic carbocycles. The van der Waals surface area contributed by atoms with E-state index in [0.717, 1.165) is 10.4 Å². The molecule has 0 unspecified atom stereocenters. The van der Waals surface area contributed by atoms with Crippen LogP contribution in [-0.4, -0.2) is 15.9 Å². The summed E-state index contributed by atoms with van der Waals surface area (Å²) in [6, 6.07) is 4.12. The summed E-state index contributed by atoms with van der Waals surface area (Å²) in [6.45, 7) is 9.13. The van der Waals surface area contributed by atoms with Crippen LogP contribution in [0, 0.1) is 47.8 Å². The topological polar surface area (TPSA) is 122 Å². The van der Waals surface area contributed by atoms with Crippen LogP contribution in [0.25, 0.3) is 10.2 Å². The van der Waals surface area contributed by atoms with Gasteiger partial charge in [-0.3, -0.25) is 9.59 Å². The first-order valence-corrected chi connectivity index (χ1v) is 10.3. The van der Waals surface area contributed by atoms with E-state index >= 15 is 0 Å². The number of amides is 1. The van der Waals surface area contributed by atoms with E-state index in [4.69, 9.17) is 0 Å². The fraction of sp³-hybridized carbons (Fsp3) is 0.421. The lowest BCUT2D eigenvalue weighted by molar-refractivity contribution is -0.125. The molecule has 9 heteroatoms. The molecule has 0 aliphatic carbocycles. The second-order valence-corrected chi connectivity index (χ2v) is 9.82. The third kappa shape index (κ3) is 3.11. The quantitative estimate of drug-likeness (QED) is 0.795. The minimum Gasteiger partial charge on any atom is -0.319 e. The van der Waals surface area contributed by atoms with Gasteiger partial charge in [-0.05, 0) is 26.3 Å². The Hall–Kier alpha value is -2.62. The van der Waals surface area contributed by atoms with E-state index in [1.54, 1.807) is 13.8 Å². The molecule has 28 heavy (non-hydrogen) atoms. The van der Waals surface area contributed by atoms with Crippen LogP contribution in [-0.2, 0) is 4.79 Å². The molecular weight excluding hydrogens is 394 g/mol. The molecule has 2 N–H and O–H groups in total. The summed E-state index contributed by atoms with van der Waals surface area (Å²) in [5, 5.41) is 22.3. The van der Waals surface area contributed by atoms with Crippen molar-refractivity contribution in [1.82, 2.24) is 15.3 Å². The van der Waals surface area contributed by atoms with Crippen molar-refractivity contribution in [3.05, 3.63) is 37.2 Å². The first-order chi connectivity index (χ1) is 13.1. The summed E-state index contributed by atoms with van der Waals surface area (Å²) in [5.41, 5.74) is 0.183. The molecule has 2 aromatic heterocycles. The molecule has 0 bridgehead atoms. The van der Waals surface area contributed by atoms with Crippen molar-refractivity contribution >= 4 is 39.2 Å². The number of nitrogens with one attached hydrogen (secondary N) is 2. The SMILES string of the molecule is Cc1sc2nc([C@@H](C)SC3=C(C#N)C(C)(C)[C@@H](C#N)C(=O)N3)[nH]c(=O)c2c1C. The number of carbonyl (C=O) groups is 1. The van der Waals surface area contributed by atoms with Gasteiger partial charge in [0, 0.05) is 10.3 Å². The number of aromatic nitrogens is 2. The maximum atomic E-state index is 12.5. The summed E-state index contributed by atoms with van der Waals surface area (Å²) in [7, 11) is 0. The molecular formula is C19H19N5O2S2. The largest absolute Gasteiger partial charge is 0.319 e. The van der Waals surface area contributed by atoms with E-state index in [9.17, 15) is 20.1 Å². The maximum absolute atomic E-state index is 12.5. The number of thiophene rings is 1. The molecule has 0 saturated carbocycles. The summed E-state index contributed by atoms with van der Waals surface area (Å²) in [4.78, 5) is 34.0. The first kappa shape index (κ1) is 20.1. The van der Waals surface area contributed by atoms with Crippen LogP contribution >= 0.6 is 23.1 Å². The zero-order valence-corrected chi connectivity index (χ0v) is 17.8. The number of carbonyl (C=O) groups excluding carboxylic acids is 1. The summed E-state index contributed by atoms with van der Waals surface area (Å²) >= 11 is 2.71. The second kappa shape index (κ2) is 7.08. The summed E-state index contributed by atoms with van der Waals surface area (Å²) in [5.74, 6) is -0.890. The highest BCUT2D eigenvalue weighted by Crippen LogP contribution is 2.44. The highest BCUT2D eigenvalue weighted by atomic mass is 32.2. The Morgan fingerprint density at radius 3 is 2.57 bits per heavy atom. The van der Waals surface area contributed by atoms with Gasteiger partial charge < -0.3 is 10.3 Å².